The second kappa shape index (κ2) is 6.51. The van der Waals surface area contributed by atoms with Gasteiger partial charge in [0.05, 0.1) is 5.52 Å². The Hall–Kier alpha value is -2.57. The molecule has 7 heteroatoms. The molecule has 24 heavy (non-hydrogen) atoms. The van der Waals surface area contributed by atoms with E-state index in [1.165, 1.54) is 6.07 Å². The Morgan fingerprint density at radius 2 is 2.04 bits per heavy atom. The summed E-state index contributed by atoms with van der Waals surface area (Å²) in [5, 5.41) is 12.0. The Bertz CT molecular complexity index is 777. The number of H-pyrrole nitrogens is 1. The van der Waals surface area contributed by atoms with Crippen LogP contribution in [-0.4, -0.2) is 33.8 Å². The van der Waals surface area contributed by atoms with Crippen molar-refractivity contribution in [1.29, 1.82) is 0 Å². The third-order valence-electron chi connectivity index (χ3n) is 3.49. The number of carbonyl (C=O) groups excluding carboxylic acids is 1. The number of ether oxygens (including phenoxy) is 1. The fourth-order valence-electron chi connectivity index (χ4n) is 2.44. The molecule has 1 heterocycles. The topological polar surface area (TPSA) is 91.4 Å². The van der Waals surface area contributed by atoms with E-state index < -0.39 is 29.5 Å². The van der Waals surface area contributed by atoms with Crippen LogP contribution in [0.5, 0.6) is 0 Å². The molecule has 1 amide bonds. The highest BCUT2D eigenvalue weighted by molar-refractivity contribution is 5.88. The van der Waals surface area contributed by atoms with Crippen LogP contribution in [0.4, 0.5) is 9.18 Å². The average molecular weight is 336 g/mol. The summed E-state index contributed by atoms with van der Waals surface area (Å²) in [6.45, 7) is 6.87. The normalized spacial score (nSPS) is 12.9. The van der Waals surface area contributed by atoms with E-state index in [1.807, 2.05) is 6.92 Å². The summed E-state index contributed by atoms with van der Waals surface area (Å²) in [5.74, 6) is -1.66. The second-order valence-corrected chi connectivity index (χ2v) is 6.67. The van der Waals surface area contributed by atoms with Gasteiger partial charge in [0.2, 0.25) is 0 Å². The van der Waals surface area contributed by atoms with E-state index in [0.717, 1.165) is 5.56 Å². The van der Waals surface area contributed by atoms with E-state index in [0.29, 0.717) is 16.5 Å². The number of aromatic amines is 1. The number of hydrogen-bond acceptors (Lipinski definition) is 3. The molecule has 1 aromatic carbocycles. The SMILES string of the molecule is Cc1ccc(F)c2c(CC(NC(=O)OC(C)(C)C)C(=O)O)c[nH]c12. The first-order valence-corrected chi connectivity index (χ1v) is 7.56. The number of hydrogen-bond donors (Lipinski definition) is 3. The smallest absolute Gasteiger partial charge is 0.408 e. The number of alkyl carbamates (subject to hydrolysis) is 1. The van der Waals surface area contributed by atoms with Crippen LogP contribution in [0, 0.1) is 12.7 Å². The molecule has 0 spiro atoms. The average Bonchev–Trinajstić information content (AvgIpc) is 2.85. The minimum atomic E-state index is -1.22. The Labute approximate surface area is 139 Å². The van der Waals surface area contributed by atoms with Gasteiger partial charge in [0.25, 0.3) is 0 Å². The number of rotatable bonds is 4. The number of nitrogens with one attached hydrogen (secondary N) is 2. The molecule has 1 unspecified atom stereocenters. The number of carbonyl (C=O) groups is 2. The lowest BCUT2D eigenvalue weighted by molar-refractivity contribution is -0.139. The molecule has 0 radical (unpaired) electrons. The minimum Gasteiger partial charge on any atom is -0.480 e. The quantitative estimate of drug-likeness (QED) is 0.800. The molecule has 6 nitrogen and oxygen atoms in total. The van der Waals surface area contributed by atoms with Crippen molar-refractivity contribution in [2.75, 3.05) is 0 Å². The zero-order valence-electron chi connectivity index (χ0n) is 14.1. The third-order valence-corrected chi connectivity index (χ3v) is 3.49. The first kappa shape index (κ1) is 17.8. The summed E-state index contributed by atoms with van der Waals surface area (Å²) in [6, 6.07) is 1.76. The van der Waals surface area contributed by atoms with Crippen LogP contribution >= 0.6 is 0 Å². The van der Waals surface area contributed by atoms with Gasteiger partial charge in [0.1, 0.15) is 17.5 Å². The van der Waals surface area contributed by atoms with E-state index in [1.54, 1.807) is 33.0 Å². The number of amides is 1. The van der Waals surface area contributed by atoms with Gasteiger partial charge < -0.3 is 20.1 Å². The second-order valence-electron chi connectivity index (χ2n) is 6.67. The fraction of sp³-hybridized carbons (Fsp3) is 0.412. The van der Waals surface area contributed by atoms with Crippen molar-refractivity contribution in [1.82, 2.24) is 10.3 Å². The number of fused-ring (bicyclic) bond motifs is 1. The maximum absolute atomic E-state index is 14.1. The largest absolute Gasteiger partial charge is 0.480 e. The molecular weight excluding hydrogens is 315 g/mol. The minimum absolute atomic E-state index is 0.0606. The number of aliphatic carboxylic acids is 1. The van der Waals surface area contributed by atoms with Gasteiger partial charge >= 0.3 is 12.1 Å². The van der Waals surface area contributed by atoms with Crippen molar-refractivity contribution in [2.45, 2.75) is 45.8 Å². The van der Waals surface area contributed by atoms with Gasteiger partial charge in [0, 0.05) is 18.0 Å². The van der Waals surface area contributed by atoms with Crippen LogP contribution in [0.25, 0.3) is 10.9 Å². The zero-order chi connectivity index (χ0) is 18.1. The lowest BCUT2D eigenvalue weighted by atomic mass is 10.0. The Morgan fingerprint density at radius 3 is 2.62 bits per heavy atom. The molecule has 2 rings (SSSR count). The molecule has 0 saturated heterocycles. The molecule has 2 aromatic rings. The summed E-state index contributed by atoms with van der Waals surface area (Å²) in [4.78, 5) is 26.2. The summed E-state index contributed by atoms with van der Waals surface area (Å²) in [6.07, 6.45) is 0.675. The maximum Gasteiger partial charge on any atom is 0.408 e. The standard InChI is InChI=1S/C17H21FN2O4/c1-9-5-6-11(18)13-10(8-19-14(9)13)7-12(15(21)22)20-16(23)24-17(2,3)4/h5-6,8,12,19H,7H2,1-4H3,(H,20,23)(H,21,22). The molecule has 0 aliphatic rings. The Balaban J connectivity index is 2.25. The van der Waals surface area contributed by atoms with E-state index in [2.05, 4.69) is 10.3 Å². The summed E-state index contributed by atoms with van der Waals surface area (Å²) in [7, 11) is 0. The third kappa shape index (κ3) is 4.04. The molecular formula is C17H21FN2O4. The van der Waals surface area contributed by atoms with Gasteiger partial charge in [-0.1, -0.05) is 6.07 Å². The number of halogens is 1. The Morgan fingerprint density at radius 1 is 1.38 bits per heavy atom. The van der Waals surface area contributed by atoms with E-state index in [9.17, 15) is 19.1 Å². The van der Waals surface area contributed by atoms with Crippen molar-refractivity contribution in [3.63, 3.8) is 0 Å². The van der Waals surface area contributed by atoms with Crippen LogP contribution in [0.15, 0.2) is 18.3 Å². The van der Waals surface area contributed by atoms with E-state index in [4.69, 9.17) is 4.74 Å². The van der Waals surface area contributed by atoms with Gasteiger partial charge in [-0.25, -0.2) is 14.0 Å². The monoisotopic (exact) mass is 336 g/mol. The predicted octanol–water partition coefficient (Wildman–Crippen LogP) is 3.14. The summed E-state index contributed by atoms with van der Waals surface area (Å²) >= 11 is 0. The van der Waals surface area contributed by atoms with Crippen LogP contribution in [0.2, 0.25) is 0 Å². The number of benzene rings is 1. The van der Waals surface area contributed by atoms with E-state index in [-0.39, 0.29) is 6.42 Å². The molecule has 0 bridgehead atoms. The van der Waals surface area contributed by atoms with Crippen molar-refractivity contribution in [3.8, 4) is 0 Å². The van der Waals surface area contributed by atoms with Crippen LogP contribution in [0.3, 0.4) is 0 Å². The number of carboxylic acids is 1. The zero-order valence-corrected chi connectivity index (χ0v) is 14.1. The fourth-order valence-corrected chi connectivity index (χ4v) is 2.44. The molecule has 3 N–H and O–H groups in total. The molecule has 0 fully saturated rings. The number of carboxylic acid groups (broad SMARTS) is 1. The Kier molecular flexibility index (Phi) is 4.82. The summed E-state index contributed by atoms with van der Waals surface area (Å²) in [5.41, 5.74) is 1.21. The van der Waals surface area contributed by atoms with Crippen molar-refractivity contribution >= 4 is 23.0 Å². The lowest BCUT2D eigenvalue weighted by Gasteiger charge is -2.22. The first-order valence-electron chi connectivity index (χ1n) is 7.56. The highest BCUT2D eigenvalue weighted by atomic mass is 19.1. The van der Waals surface area contributed by atoms with Crippen molar-refractivity contribution < 1.29 is 23.8 Å². The molecule has 130 valence electrons. The lowest BCUT2D eigenvalue weighted by Crippen LogP contribution is -2.44. The van der Waals surface area contributed by atoms with Gasteiger partial charge in [-0.05, 0) is 44.9 Å². The molecule has 0 aliphatic heterocycles. The first-order chi connectivity index (χ1) is 11.1. The van der Waals surface area contributed by atoms with Gasteiger partial charge in [-0.15, -0.1) is 0 Å². The molecule has 0 saturated carbocycles. The number of aromatic nitrogens is 1. The maximum atomic E-state index is 14.1. The summed E-state index contributed by atoms with van der Waals surface area (Å²) < 4.78 is 19.2. The van der Waals surface area contributed by atoms with Crippen LogP contribution < -0.4 is 5.32 Å². The highest BCUT2D eigenvalue weighted by Crippen LogP contribution is 2.25. The predicted molar refractivity (Wildman–Crippen MR) is 87.5 cm³/mol. The van der Waals surface area contributed by atoms with Gasteiger partial charge in [0.15, 0.2) is 0 Å². The van der Waals surface area contributed by atoms with Crippen LogP contribution in [-0.2, 0) is 16.0 Å². The van der Waals surface area contributed by atoms with Crippen LogP contribution in [0.1, 0.15) is 31.9 Å². The molecule has 1 aromatic heterocycles. The van der Waals surface area contributed by atoms with Crippen molar-refractivity contribution in [3.05, 3.63) is 35.3 Å². The van der Waals surface area contributed by atoms with Gasteiger partial charge in [-0.2, -0.15) is 0 Å². The van der Waals surface area contributed by atoms with Crippen molar-refractivity contribution in [2.24, 2.45) is 0 Å². The number of aryl methyl sites for hydroxylation is 1. The molecule has 0 aliphatic carbocycles. The molecule has 1 atom stereocenters. The van der Waals surface area contributed by atoms with E-state index >= 15 is 0 Å². The highest BCUT2D eigenvalue weighted by Gasteiger charge is 2.25. The van der Waals surface area contributed by atoms with Gasteiger partial charge in [-0.3, -0.25) is 0 Å².